The third kappa shape index (κ3) is 6.46. The lowest BCUT2D eigenvalue weighted by atomic mass is 9.83. The van der Waals surface area contributed by atoms with E-state index in [0.717, 1.165) is 74.9 Å². The van der Waals surface area contributed by atoms with Crippen LogP contribution in [0.15, 0.2) is 29.3 Å². The summed E-state index contributed by atoms with van der Waals surface area (Å²) in [4.78, 5) is 13.0. The highest BCUT2D eigenvalue weighted by Gasteiger charge is 2.33. The average molecular weight is 400 g/mol. The zero-order valence-corrected chi connectivity index (χ0v) is 18.1. The lowest BCUT2D eigenvalue weighted by Gasteiger charge is -2.27. The Morgan fingerprint density at radius 2 is 2.03 bits per heavy atom. The van der Waals surface area contributed by atoms with E-state index in [1.165, 1.54) is 25.7 Å². The van der Waals surface area contributed by atoms with Crippen molar-refractivity contribution >= 4 is 17.0 Å². The van der Waals surface area contributed by atoms with Gasteiger partial charge < -0.3 is 20.4 Å². The van der Waals surface area contributed by atoms with E-state index in [2.05, 4.69) is 40.5 Å². The number of imidazole rings is 1. The highest BCUT2D eigenvalue weighted by atomic mass is 16.5. The number of ether oxygens (including phenoxy) is 1. The van der Waals surface area contributed by atoms with Gasteiger partial charge in [-0.1, -0.05) is 25.0 Å². The van der Waals surface area contributed by atoms with Gasteiger partial charge in [-0.05, 0) is 57.1 Å². The van der Waals surface area contributed by atoms with E-state index in [1.54, 1.807) is 0 Å². The van der Waals surface area contributed by atoms with Gasteiger partial charge in [0.25, 0.3) is 0 Å². The molecule has 1 aromatic carbocycles. The van der Waals surface area contributed by atoms with Crippen molar-refractivity contribution in [2.45, 2.75) is 58.8 Å². The van der Waals surface area contributed by atoms with E-state index in [4.69, 9.17) is 9.73 Å². The number of rotatable bonds is 11. The molecule has 0 radical (unpaired) electrons. The minimum absolute atomic E-state index is 0.325. The lowest BCUT2D eigenvalue weighted by molar-refractivity contribution is 0.107. The predicted octanol–water partition coefficient (Wildman–Crippen LogP) is 4.04. The molecule has 1 saturated carbocycles. The number of nitrogens with zero attached hydrogens (tertiary/aromatic N) is 2. The highest BCUT2D eigenvalue weighted by Crippen LogP contribution is 2.41. The summed E-state index contributed by atoms with van der Waals surface area (Å²) in [5.74, 6) is 1.98. The van der Waals surface area contributed by atoms with Gasteiger partial charge in [-0.25, -0.2) is 4.98 Å². The zero-order valence-electron chi connectivity index (χ0n) is 18.1. The van der Waals surface area contributed by atoms with Gasteiger partial charge in [-0.15, -0.1) is 0 Å². The second-order valence-corrected chi connectivity index (χ2v) is 8.08. The molecule has 3 N–H and O–H groups in total. The van der Waals surface area contributed by atoms with Crippen molar-refractivity contribution in [1.29, 1.82) is 0 Å². The van der Waals surface area contributed by atoms with Crippen LogP contribution in [0.4, 0.5) is 0 Å². The molecule has 0 amide bonds. The molecular weight excluding hydrogens is 362 g/mol. The molecule has 0 spiro atoms. The molecule has 1 aliphatic carbocycles. The molecule has 0 unspecified atom stereocenters. The van der Waals surface area contributed by atoms with E-state index < -0.39 is 0 Å². The zero-order chi connectivity index (χ0) is 20.4. The number of aromatic nitrogens is 2. The van der Waals surface area contributed by atoms with Crippen LogP contribution < -0.4 is 10.6 Å². The Morgan fingerprint density at radius 1 is 1.21 bits per heavy atom. The summed E-state index contributed by atoms with van der Waals surface area (Å²) >= 11 is 0. The molecule has 29 heavy (non-hydrogen) atoms. The predicted molar refractivity (Wildman–Crippen MR) is 120 cm³/mol. The Kier molecular flexibility index (Phi) is 8.35. The molecule has 1 aromatic heterocycles. The number of aliphatic imine (C=N–C) groups is 1. The molecule has 6 nitrogen and oxygen atoms in total. The summed E-state index contributed by atoms with van der Waals surface area (Å²) in [5, 5.41) is 6.89. The third-order valence-electron chi connectivity index (χ3n) is 5.88. The van der Waals surface area contributed by atoms with Gasteiger partial charge in [0.2, 0.25) is 0 Å². The van der Waals surface area contributed by atoms with Gasteiger partial charge >= 0.3 is 0 Å². The Hall–Kier alpha value is -2.08. The Bertz CT molecular complexity index is 730. The van der Waals surface area contributed by atoms with Gasteiger partial charge in [0.1, 0.15) is 5.82 Å². The number of nitrogens with one attached hydrogen (secondary N) is 3. The van der Waals surface area contributed by atoms with Gasteiger partial charge in [0.15, 0.2) is 5.96 Å². The van der Waals surface area contributed by atoms with Crippen LogP contribution in [0.1, 0.15) is 58.2 Å². The first-order valence-corrected chi connectivity index (χ1v) is 11.3. The topological polar surface area (TPSA) is 74.3 Å². The number of benzene rings is 1. The van der Waals surface area contributed by atoms with Crippen LogP contribution in [-0.4, -0.2) is 48.8 Å². The van der Waals surface area contributed by atoms with Gasteiger partial charge in [-0.2, -0.15) is 0 Å². The summed E-state index contributed by atoms with van der Waals surface area (Å²) in [7, 11) is 0. The van der Waals surface area contributed by atoms with Crippen molar-refractivity contribution in [3.63, 3.8) is 0 Å². The molecule has 0 bridgehead atoms. The number of H-pyrrole nitrogens is 1. The van der Waals surface area contributed by atoms with E-state index in [9.17, 15) is 0 Å². The van der Waals surface area contributed by atoms with E-state index in [-0.39, 0.29) is 0 Å². The monoisotopic (exact) mass is 399 g/mol. The van der Waals surface area contributed by atoms with Crippen LogP contribution in [-0.2, 0) is 11.2 Å². The fourth-order valence-electron chi connectivity index (χ4n) is 4.22. The molecule has 2 aromatic rings. The van der Waals surface area contributed by atoms with Gasteiger partial charge in [0, 0.05) is 39.3 Å². The van der Waals surface area contributed by atoms with E-state index in [1.807, 2.05) is 18.2 Å². The number of hydrogen-bond donors (Lipinski definition) is 3. The first-order chi connectivity index (χ1) is 14.2. The summed E-state index contributed by atoms with van der Waals surface area (Å²) in [6.45, 7) is 8.49. The number of fused-ring (bicyclic) bond motifs is 1. The molecule has 6 heteroatoms. The first-order valence-electron chi connectivity index (χ1n) is 11.3. The number of hydrogen-bond acceptors (Lipinski definition) is 3. The maximum absolute atomic E-state index is 5.63. The number of aryl methyl sites for hydroxylation is 1. The molecule has 0 saturated heterocycles. The Balaban J connectivity index is 1.48. The smallest absolute Gasteiger partial charge is 0.191 e. The molecular formula is C23H37N5O. The van der Waals surface area contributed by atoms with Crippen molar-refractivity contribution < 1.29 is 4.74 Å². The fraction of sp³-hybridized carbons (Fsp3) is 0.652. The van der Waals surface area contributed by atoms with Crippen LogP contribution in [0.5, 0.6) is 0 Å². The fourth-order valence-corrected chi connectivity index (χ4v) is 4.22. The second kappa shape index (κ2) is 11.2. The largest absolute Gasteiger partial charge is 0.382 e. The summed E-state index contributed by atoms with van der Waals surface area (Å²) < 4.78 is 5.63. The molecule has 1 fully saturated rings. The Labute approximate surface area is 174 Å². The second-order valence-electron chi connectivity index (χ2n) is 8.08. The first kappa shape index (κ1) is 21.6. The molecule has 3 rings (SSSR count). The average Bonchev–Trinajstić information content (AvgIpc) is 3.36. The molecule has 0 atom stereocenters. The van der Waals surface area contributed by atoms with Crippen LogP contribution in [0.25, 0.3) is 11.0 Å². The minimum atomic E-state index is 0.325. The van der Waals surface area contributed by atoms with E-state index >= 15 is 0 Å². The van der Waals surface area contributed by atoms with Crippen molar-refractivity contribution in [2.24, 2.45) is 10.4 Å². The number of guanidine groups is 1. The number of aromatic amines is 1. The van der Waals surface area contributed by atoms with Crippen molar-refractivity contribution in [2.75, 3.05) is 32.8 Å². The molecule has 1 aliphatic rings. The quantitative estimate of drug-likeness (QED) is 0.303. The Morgan fingerprint density at radius 3 is 2.79 bits per heavy atom. The van der Waals surface area contributed by atoms with Crippen LogP contribution in [0.3, 0.4) is 0 Å². The van der Waals surface area contributed by atoms with E-state index in [0.29, 0.717) is 5.41 Å². The molecule has 160 valence electrons. The molecule has 1 heterocycles. The standard InChI is InChI=1S/C23H37N5O/c1-3-24-22(26-18-23(13-7-8-14-23)15-17-29-4-2)25-16-9-12-21-27-19-10-5-6-11-20(19)28-21/h5-6,10-11H,3-4,7-9,12-18H2,1-2H3,(H,27,28)(H2,24,25,26). The molecule has 0 aliphatic heterocycles. The maximum Gasteiger partial charge on any atom is 0.191 e. The highest BCUT2D eigenvalue weighted by molar-refractivity contribution is 5.79. The van der Waals surface area contributed by atoms with Crippen LogP contribution in [0.2, 0.25) is 0 Å². The van der Waals surface area contributed by atoms with Crippen molar-refractivity contribution in [1.82, 2.24) is 20.6 Å². The minimum Gasteiger partial charge on any atom is -0.382 e. The van der Waals surface area contributed by atoms with Gasteiger partial charge in [0.05, 0.1) is 11.0 Å². The van der Waals surface area contributed by atoms with Crippen LogP contribution in [0, 0.1) is 5.41 Å². The summed E-state index contributed by atoms with van der Waals surface area (Å²) in [5.41, 5.74) is 2.48. The van der Waals surface area contributed by atoms with Crippen LogP contribution >= 0.6 is 0 Å². The SMILES string of the molecule is CCNC(=NCC1(CCOCC)CCCC1)NCCCc1nc2ccccc2[nH]1. The normalized spacial score (nSPS) is 16.4. The third-order valence-corrected chi connectivity index (χ3v) is 5.88. The number of para-hydroxylation sites is 2. The lowest BCUT2D eigenvalue weighted by Crippen LogP contribution is -2.39. The maximum atomic E-state index is 5.63. The van der Waals surface area contributed by atoms with Crippen molar-refractivity contribution in [3.05, 3.63) is 30.1 Å². The van der Waals surface area contributed by atoms with Crippen molar-refractivity contribution in [3.8, 4) is 0 Å². The summed E-state index contributed by atoms with van der Waals surface area (Å²) in [6.07, 6.45) is 8.26. The van der Waals surface area contributed by atoms with Gasteiger partial charge in [-0.3, -0.25) is 4.99 Å². The summed E-state index contributed by atoms with van der Waals surface area (Å²) in [6, 6.07) is 8.19.